The van der Waals surface area contributed by atoms with E-state index >= 15 is 0 Å². The van der Waals surface area contributed by atoms with E-state index < -0.39 is 0 Å². The van der Waals surface area contributed by atoms with Crippen molar-refractivity contribution in [3.05, 3.63) is 42.7 Å². The van der Waals surface area contributed by atoms with Gasteiger partial charge in [0.25, 0.3) is 0 Å². The lowest BCUT2D eigenvalue weighted by Crippen LogP contribution is -2.52. The first-order valence-corrected chi connectivity index (χ1v) is 7.95. The van der Waals surface area contributed by atoms with E-state index in [-0.39, 0.29) is 18.1 Å². The van der Waals surface area contributed by atoms with Crippen molar-refractivity contribution in [2.45, 2.75) is 6.04 Å². The molecule has 1 aromatic carbocycles. The SMILES string of the molecule is COCC1COCCN1C(=O)Nc1cnc(Oc2ccccc2)nc1. The zero-order valence-electron chi connectivity index (χ0n) is 13.9. The Kier molecular flexibility index (Phi) is 5.76. The lowest BCUT2D eigenvalue weighted by Gasteiger charge is -2.35. The molecular weight excluding hydrogens is 324 g/mol. The molecule has 0 bridgehead atoms. The molecular formula is C17H20N4O4. The van der Waals surface area contributed by atoms with E-state index in [0.29, 0.717) is 37.8 Å². The normalized spacial score (nSPS) is 17.2. The van der Waals surface area contributed by atoms with E-state index in [2.05, 4.69) is 15.3 Å². The van der Waals surface area contributed by atoms with Crippen LogP contribution in [0.25, 0.3) is 0 Å². The van der Waals surface area contributed by atoms with Crippen LogP contribution in [-0.4, -0.2) is 60.4 Å². The minimum absolute atomic E-state index is 0.111. The summed E-state index contributed by atoms with van der Waals surface area (Å²) in [7, 11) is 1.60. The average Bonchev–Trinajstić information content (AvgIpc) is 2.65. The largest absolute Gasteiger partial charge is 0.424 e. The van der Waals surface area contributed by atoms with Crippen LogP contribution in [0.1, 0.15) is 0 Å². The summed E-state index contributed by atoms with van der Waals surface area (Å²) in [5.41, 5.74) is 0.494. The van der Waals surface area contributed by atoms with Crippen molar-refractivity contribution in [1.29, 1.82) is 0 Å². The number of carbonyl (C=O) groups is 1. The summed E-state index contributed by atoms with van der Waals surface area (Å²) in [6.45, 7) is 1.90. The van der Waals surface area contributed by atoms with Crippen molar-refractivity contribution in [3.8, 4) is 11.8 Å². The van der Waals surface area contributed by atoms with Crippen LogP contribution in [0, 0.1) is 0 Å². The number of nitrogens with zero attached hydrogens (tertiary/aromatic N) is 3. The molecule has 1 aliphatic rings. The van der Waals surface area contributed by atoms with Gasteiger partial charge in [-0.3, -0.25) is 0 Å². The molecule has 8 heteroatoms. The van der Waals surface area contributed by atoms with Gasteiger partial charge in [-0.1, -0.05) is 18.2 Å². The molecule has 0 aliphatic carbocycles. The first kappa shape index (κ1) is 17.1. The van der Waals surface area contributed by atoms with Gasteiger partial charge in [0.05, 0.1) is 43.9 Å². The van der Waals surface area contributed by atoms with Crippen molar-refractivity contribution in [3.63, 3.8) is 0 Å². The molecule has 1 saturated heterocycles. The van der Waals surface area contributed by atoms with Gasteiger partial charge in [0.2, 0.25) is 0 Å². The topological polar surface area (TPSA) is 85.8 Å². The Morgan fingerprint density at radius 1 is 1.32 bits per heavy atom. The van der Waals surface area contributed by atoms with Crippen molar-refractivity contribution in [2.75, 3.05) is 38.8 Å². The van der Waals surface area contributed by atoms with E-state index in [1.165, 1.54) is 12.4 Å². The van der Waals surface area contributed by atoms with Gasteiger partial charge in [-0.15, -0.1) is 0 Å². The molecule has 1 aliphatic heterocycles. The van der Waals surface area contributed by atoms with Crippen molar-refractivity contribution in [2.24, 2.45) is 0 Å². The van der Waals surface area contributed by atoms with E-state index in [9.17, 15) is 4.79 Å². The molecule has 1 N–H and O–H groups in total. The lowest BCUT2D eigenvalue weighted by atomic mass is 10.2. The fraction of sp³-hybridized carbons (Fsp3) is 0.353. The first-order valence-electron chi connectivity index (χ1n) is 7.95. The van der Waals surface area contributed by atoms with E-state index in [1.54, 1.807) is 12.0 Å². The van der Waals surface area contributed by atoms with E-state index in [4.69, 9.17) is 14.2 Å². The smallest absolute Gasteiger partial charge is 0.322 e. The summed E-state index contributed by atoms with van der Waals surface area (Å²) in [5, 5.41) is 2.79. The number of para-hydroxylation sites is 1. The van der Waals surface area contributed by atoms with Crippen molar-refractivity contribution in [1.82, 2.24) is 14.9 Å². The minimum atomic E-state index is -0.231. The van der Waals surface area contributed by atoms with Crippen LogP contribution < -0.4 is 10.1 Å². The maximum Gasteiger partial charge on any atom is 0.322 e. The van der Waals surface area contributed by atoms with Crippen LogP contribution in [0.15, 0.2) is 42.7 Å². The summed E-state index contributed by atoms with van der Waals surface area (Å²) in [5.74, 6) is 0.648. The van der Waals surface area contributed by atoms with Crippen molar-refractivity contribution < 1.29 is 19.0 Å². The van der Waals surface area contributed by atoms with Gasteiger partial charge in [-0.25, -0.2) is 14.8 Å². The number of aromatic nitrogens is 2. The second kappa shape index (κ2) is 8.41. The third kappa shape index (κ3) is 4.65. The molecule has 132 valence electrons. The van der Waals surface area contributed by atoms with Crippen LogP contribution in [0.5, 0.6) is 11.8 Å². The second-order valence-electron chi connectivity index (χ2n) is 5.48. The molecule has 2 heterocycles. The highest BCUT2D eigenvalue weighted by Crippen LogP contribution is 2.17. The Labute approximate surface area is 145 Å². The Morgan fingerprint density at radius 3 is 2.80 bits per heavy atom. The number of ether oxygens (including phenoxy) is 3. The molecule has 2 aromatic rings. The van der Waals surface area contributed by atoms with E-state index in [0.717, 1.165) is 0 Å². The minimum Gasteiger partial charge on any atom is -0.424 e. The van der Waals surface area contributed by atoms with Gasteiger partial charge in [0.15, 0.2) is 0 Å². The van der Waals surface area contributed by atoms with Gasteiger partial charge in [0.1, 0.15) is 5.75 Å². The third-order valence-corrected chi connectivity index (χ3v) is 3.68. The number of urea groups is 1. The predicted molar refractivity (Wildman–Crippen MR) is 90.8 cm³/mol. The van der Waals surface area contributed by atoms with Crippen LogP contribution in [-0.2, 0) is 9.47 Å². The van der Waals surface area contributed by atoms with Crippen LogP contribution in [0.2, 0.25) is 0 Å². The van der Waals surface area contributed by atoms with Crippen LogP contribution >= 0.6 is 0 Å². The highest BCUT2D eigenvalue weighted by molar-refractivity contribution is 5.89. The average molecular weight is 344 g/mol. The summed E-state index contributed by atoms with van der Waals surface area (Å²) in [4.78, 5) is 22.4. The summed E-state index contributed by atoms with van der Waals surface area (Å²) in [6, 6.07) is 9.12. The maximum atomic E-state index is 12.4. The number of benzene rings is 1. The van der Waals surface area contributed by atoms with Gasteiger partial charge in [0, 0.05) is 13.7 Å². The molecule has 1 aromatic heterocycles. The fourth-order valence-electron chi connectivity index (χ4n) is 2.48. The summed E-state index contributed by atoms with van der Waals surface area (Å²) >= 11 is 0. The molecule has 25 heavy (non-hydrogen) atoms. The monoisotopic (exact) mass is 344 g/mol. The lowest BCUT2D eigenvalue weighted by molar-refractivity contribution is -0.0133. The second-order valence-corrected chi connectivity index (χ2v) is 5.48. The zero-order valence-corrected chi connectivity index (χ0v) is 13.9. The number of morpholine rings is 1. The number of anilines is 1. The molecule has 3 rings (SSSR count). The first-order chi connectivity index (χ1) is 12.3. The fourth-order valence-corrected chi connectivity index (χ4v) is 2.48. The zero-order chi connectivity index (χ0) is 17.5. The number of methoxy groups -OCH3 is 1. The standard InChI is InChI=1S/C17H20N4O4/c1-23-11-14-12-24-8-7-21(14)17(22)20-13-9-18-16(19-10-13)25-15-5-3-2-4-6-15/h2-6,9-10,14H,7-8,11-12H2,1H3,(H,20,22). The van der Waals surface area contributed by atoms with Crippen LogP contribution in [0.3, 0.4) is 0 Å². The number of hydrogen-bond acceptors (Lipinski definition) is 6. The third-order valence-electron chi connectivity index (χ3n) is 3.68. The van der Waals surface area contributed by atoms with Crippen LogP contribution in [0.4, 0.5) is 10.5 Å². The highest BCUT2D eigenvalue weighted by Gasteiger charge is 2.27. The number of nitrogens with one attached hydrogen (secondary N) is 1. The Morgan fingerprint density at radius 2 is 2.08 bits per heavy atom. The molecule has 8 nitrogen and oxygen atoms in total. The Bertz CT molecular complexity index is 679. The molecule has 0 spiro atoms. The van der Waals surface area contributed by atoms with E-state index in [1.807, 2.05) is 30.3 Å². The van der Waals surface area contributed by atoms with Gasteiger partial charge in [-0.05, 0) is 12.1 Å². The molecule has 0 saturated carbocycles. The summed E-state index contributed by atoms with van der Waals surface area (Å²) in [6.07, 6.45) is 3.02. The molecule has 0 radical (unpaired) electrons. The quantitative estimate of drug-likeness (QED) is 0.894. The van der Waals surface area contributed by atoms with Gasteiger partial charge in [-0.2, -0.15) is 0 Å². The van der Waals surface area contributed by atoms with Crippen molar-refractivity contribution >= 4 is 11.7 Å². The predicted octanol–water partition coefficient (Wildman–Crippen LogP) is 2.15. The number of carbonyl (C=O) groups excluding carboxylic acids is 1. The maximum absolute atomic E-state index is 12.4. The Balaban J connectivity index is 1.59. The molecule has 1 atom stereocenters. The van der Waals surface area contributed by atoms with Gasteiger partial charge < -0.3 is 24.4 Å². The number of amides is 2. The molecule has 2 amide bonds. The Hall–Kier alpha value is -2.71. The number of hydrogen-bond donors (Lipinski definition) is 1. The van der Waals surface area contributed by atoms with Gasteiger partial charge >= 0.3 is 12.0 Å². The number of rotatable bonds is 5. The summed E-state index contributed by atoms with van der Waals surface area (Å²) < 4.78 is 16.1. The molecule has 1 fully saturated rings. The highest BCUT2D eigenvalue weighted by atomic mass is 16.5. The molecule has 1 unspecified atom stereocenters.